The van der Waals surface area contributed by atoms with Gasteiger partial charge in [-0.2, -0.15) is 0 Å². The van der Waals surface area contributed by atoms with Crippen LogP contribution in [0.2, 0.25) is 0 Å². The molecule has 2 aromatic carbocycles. The molecule has 1 N–H and O–H groups in total. The summed E-state index contributed by atoms with van der Waals surface area (Å²) in [6.45, 7) is 5.55. The highest BCUT2D eigenvalue weighted by Crippen LogP contribution is 2.21. The molecule has 5 heteroatoms. The van der Waals surface area contributed by atoms with Gasteiger partial charge in [0.2, 0.25) is 5.76 Å². The van der Waals surface area contributed by atoms with Gasteiger partial charge >= 0.3 is 5.97 Å². The maximum atomic E-state index is 11.5. The van der Waals surface area contributed by atoms with Gasteiger partial charge in [0.15, 0.2) is 0 Å². The van der Waals surface area contributed by atoms with E-state index in [4.69, 9.17) is 14.2 Å². The predicted molar refractivity (Wildman–Crippen MR) is 110 cm³/mol. The highest BCUT2D eigenvalue weighted by molar-refractivity contribution is 5.90. The molecule has 150 valence electrons. The average Bonchev–Trinajstić information content (AvgIpc) is 2.70. The molecule has 0 amide bonds. The number of hydrogen-bond acceptors (Lipinski definition) is 4. The monoisotopic (exact) mass is 384 g/mol. The summed E-state index contributed by atoms with van der Waals surface area (Å²) in [4.78, 5) is 11.5. The number of unbranched alkanes of at least 4 members (excludes halogenated alkanes) is 2. The van der Waals surface area contributed by atoms with E-state index in [1.165, 1.54) is 6.08 Å². The van der Waals surface area contributed by atoms with Crippen molar-refractivity contribution in [2.45, 2.75) is 39.5 Å². The number of carboxylic acids is 1. The van der Waals surface area contributed by atoms with Crippen LogP contribution in [-0.2, 0) is 4.79 Å². The van der Waals surface area contributed by atoms with Crippen LogP contribution in [0.5, 0.6) is 17.2 Å². The quantitative estimate of drug-likeness (QED) is 0.295. The van der Waals surface area contributed by atoms with Gasteiger partial charge in [0, 0.05) is 0 Å². The largest absolute Gasteiger partial charge is 0.494 e. The van der Waals surface area contributed by atoms with Gasteiger partial charge in [-0.1, -0.05) is 38.8 Å². The number of carbonyl (C=O) groups is 1. The molecule has 0 aromatic heterocycles. The number of aliphatic carboxylic acids is 1. The van der Waals surface area contributed by atoms with Crippen molar-refractivity contribution in [1.82, 2.24) is 0 Å². The highest BCUT2D eigenvalue weighted by Gasteiger charge is 2.11. The summed E-state index contributed by atoms with van der Waals surface area (Å²) in [5.41, 5.74) is 0.722. The summed E-state index contributed by atoms with van der Waals surface area (Å²) < 4.78 is 16.8. The second-order valence-electron chi connectivity index (χ2n) is 6.36. The zero-order chi connectivity index (χ0) is 20.2. The van der Waals surface area contributed by atoms with Crippen molar-refractivity contribution in [3.05, 3.63) is 59.9 Å². The van der Waals surface area contributed by atoms with Gasteiger partial charge in [-0.25, -0.2) is 4.79 Å². The Balaban J connectivity index is 2.01. The molecule has 0 aliphatic rings. The topological polar surface area (TPSA) is 65.0 Å². The zero-order valence-corrected chi connectivity index (χ0v) is 16.5. The zero-order valence-electron chi connectivity index (χ0n) is 16.5. The van der Waals surface area contributed by atoms with Crippen molar-refractivity contribution in [3.63, 3.8) is 0 Å². The number of carboxylic acid groups (broad SMARTS) is 1. The SMILES string of the molecule is CCCCOc1ccc(C=C(Oc2ccc(OCCCC)cc2)C(=O)O)cc1. The summed E-state index contributed by atoms with van der Waals surface area (Å²) in [7, 11) is 0. The first-order chi connectivity index (χ1) is 13.6. The minimum absolute atomic E-state index is 0.153. The Hall–Kier alpha value is -2.95. The third-order valence-electron chi connectivity index (χ3n) is 3.97. The second-order valence-corrected chi connectivity index (χ2v) is 6.36. The third kappa shape index (κ3) is 7.35. The lowest BCUT2D eigenvalue weighted by molar-refractivity contribution is -0.134. The van der Waals surface area contributed by atoms with Crippen LogP contribution in [0.25, 0.3) is 6.08 Å². The summed E-state index contributed by atoms with van der Waals surface area (Å²) in [6, 6.07) is 14.2. The van der Waals surface area contributed by atoms with Crippen LogP contribution in [0.1, 0.15) is 45.1 Å². The number of ether oxygens (including phenoxy) is 3. The van der Waals surface area contributed by atoms with Crippen LogP contribution < -0.4 is 14.2 Å². The van der Waals surface area contributed by atoms with E-state index < -0.39 is 5.97 Å². The normalized spacial score (nSPS) is 11.1. The maximum Gasteiger partial charge on any atom is 0.371 e. The minimum atomic E-state index is -1.13. The molecule has 0 fully saturated rings. The van der Waals surface area contributed by atoms with Crippen molar-refractivity contribution in [1.29, 1.82) is 0 Å². The maximum absolute atomic E-state index is 11.5. The Kier molecular flexibility index (Phi) is 8.92. The molecule has 0 radical (unpaired) electrons. The fourth-order valence-corrected chi connectivity index (χ4v) is 2.35. The Morgan fingerprint density at radius 3 is 1.75 bits per heavy atom. The number of hydrogen-bond donors (Lipinski definition) is 1. The first kappa shape index (κ1) is 21.4. The summed E-state index contributed by atoms with van der Waals surface area (Å²) in [5, 5.41) is 9.45. The van der Waals surface area contributed by atoms with Crippen LogP contribution >= 0.6 is 0 Å². The van der Waals surface area contributed by atoms with Crippen molar-refractivity contribution >= 4 is 12.0 Å². The fourth-order valence-electron chi connectivity index (χ4n) is 2.35. The highest BCUT2D eigenvalue weighted by atomic mass is 16.5. The molecule has 0 aliphatic heterocycles. The molecule has 0 atom stereocenters. The molecular formula is C23H28O5. The van der Waals surface area contributed by atoms with E-state index in [1.807, 2.05) is 12.1 Å². The molecule has 0 aliphatic carbocycles. The summed E-state index contributed by atoms with van der Waals surface area (Å²) in [6.07, 6.45) is 5.63. The lowest BCUT2D eigenvalue weighted by Gasteiger charge is -2.09. The van der Waals surface area contributed by atoms with Gasteiger partial charge in [-0.3, -0.25) is 0 Å². The van der Waals surface area contributed by atoms with Crippen molar-refractivity contribution in [3.8, 4) is 17.2 Å². The Bertz CT molecular complexity index is 748. The van der Waals surface area contributed by atoms with Crippen LogP contribution in [0.4, 0.5) is 0 Å². The van der Waals surface area contributed by atoms with Gasteiger partial charge in [-0.15, -0.1) is 0 Å². The molecule has 0 heterocycles. The van der Waals surface area contributed by atoms with Gasteiger partial charge in [-0.05, 0) is 60.9 Å². The van der Waals surface area contributed by atoms with Crippen molar-refractivity contribution < 1.29 is 24.1 Å². The molecule has 2 rings (SSSR count). The smallest absolute Gasteiger partial charge is 0.371 e. The van der Waals surface area contributed by atoms with Gasteiger partial charge in [0.1, 0.15) is 17.2 Å². The van der Waals surface area contributed by atoms with E-state index in [0.717, 1.165) is 42.7 Å². The van der Waals surface area contributed by atoms with Gasteiger partial charge in [0.05, 0.1) is 13.2 Å². The molecule has 0 saturated carbocycles. The average molecular weight is 384 g/mol. The molecule has 2 aromatic rings. The van der Waals surface area contributed by atoms with E-state index in [-0.39, 0.29) is 5.76 Å². The summed E-state index contributed by atoms with van der Waals surface area (Å²) >= 11 is 0. The predicted octanol–water partition coefficient (Wildman–Crippen LogP) is 5.55. The van der Waals surface area contributed by atoms with Crippen LogP contribution in [0.3, 0.4) is 0 Å². The molecule has 28 heavy (non-hydrogen) atoms. The Labute approximate surface area is 166 Å². The van der Waals surface area contributed by atoms with Crippen LogP contribution in [0.15, 0.2) is 54.3 Å². The lowest BCUT2D eigenvalue weighted by atomic mass is 10.2. The third-order valence-corrected chi connectivity index (χ3v) is 3.97. The van der Waals surface area contributed by atoms with E-state index in [0.29, 0.717) is 19.0 Å². The van der Waals surface area contributed by atoms with E-state index in [1.54, 1.807) is 36.4 Å². The molecular weight excluding hydrogens is 356 g/mol. The minimum Gasteiger partial charge on any atom is -0.494 e. The molecule has 0 spiro atoms. The first-order valence-corrected chi connectivity index (χ1v) is 9.71. The lowest BCUT2D eigenvalue weighted by Crippen LogP contribution is -2.07. The van der Waals surface area contributed by atoms with E-state index >= 15 is 0 Å². The number of rotatable bonds is 12. The summed E-state index contributed by atoms with van der Waals surface area (Å²) in [5.74, 6) is 0.657. The fraction of sp³-hybridized carbons (Fsp3) is 0.348. The Morgan fingerprint density at radius 1 is 0.821 bits per heavy atom. The van der Waals surface area contributed by atoms with Gasteiger partial charge in [0.25, 0.3) is 0 Å². The number of benzene rings is 2. The molecule has 0 bridgehead atoms. The Morgan fingerprint density at radius 2 is 1.29 bits per heavy atom. The molecule has 5 nitrogen and oxygen atoms in total. The van der Waals surface area contributed by atoms with Crippen molar-refractivity contribution in [2.75, 3.05) is 13.2 Å². The standard InChI is InChI=1S/C23H28O5/c1-3-5-15-26-19-9-7-18(8-10-19)17-22(23(24)25)28-21-13-11-20(12-14-21)27-16-6-4-2/h7-14,17H,3-6,15-16H2,1-2H3,(H,24,25). The first-order valence-electron chi connectivity index (χ1n) is 9.71. The molecule has 0 unspecified atom stereocenters. The van der Waals surface area contributed by atoms with Crippen molar-refractivity contribution in [2.24, 2.45) is 0 Å². The second kappa shape index (κ2) is 11.7. The van der Waals surface area contributed by atoms with Crippen LogP contribution in [-0.4, -0.2) is 24.3 Å². The van der Waals surface area contributed by atoms with E-state index in [9.17, 15) is 9.90 Å². The van der Waals surface area contributed by atoms with Crippen LogP contribution in [0, 0.1) is 0 Å². The van der Waals surface area contributed by atoms with Gasteiger partial charge < -0.3 is 19.3 Å². The molecule has 0 saturated heterocycles. The van der Waals surface area contributed by atoms with E-state index in [2.05, 4.69) is 13.8 Å².